The van der Waals surface area contributed by atoms with Gasteiger partial charge in [-0.2, -0.15) is 0 Å². The van der Waals surface area contributed by atoms with Crippen molar-refractivity contribution in [2.75, 3.05) is 7.05 Å². The SMILES string of the molecule is CN(C(=O)Cn1c(=O)oc2ccccc21)C(C1CC1)C1CC1. The maximum absolute atomic E-state index is 12.6. The van der Waals surface area contributed by atoms with Crippen molar-refractivity contribution in [1.29, 1.82) is 0 Å². The van der Waals surface area contributed by atoms with Gasteiger partial charge in [0.1, 0.15) is 6.54 Å². The van der Waals surface area contributed by atoms with E-state index in [0.717, 1.165) is 0 Å². The summed E-state index contributed by atoms with van der Waals surface area (Å²) in [6.07, 6.45) is 4.92. The van der Waals surface area contributed by atoms with Crippen LogP contribution in [0.5, 0.6) is 0 Å². The summed E-state index contributed by atoms with van der Waals surface area (Å²) in [4.78, 5) is 26.5. The molecule has 5 heteroatoms. The Bertz CT molecular complexity index is 756. The highest BCUT2D eigenvalue weighted by Crippen LogP contribution is 2.46. The molecule has 2 fully saturated rings. The van der Waals surface area contributed by atoms with E-state index in [1.54, 1.807) is 6.07 Å². The number of aromatic nitrogens is 1. The molecular weight excluding hydrogens is 280 g/mol. The molecule has 0 N–H and O–H groups in total. The number of nitrogens with zero attached hydrogens (tertiary/aromatic N) is 2. The van der Waals surface area contributed by atoms with E-state index in [4.69, 9.17) is 4.42 Å². The second kappa shape index (κ2) is 5.00. The van der Waals surface area contributed by atoms with Crippen LogP contribution in [0.15, 0.2) is 33.5 Å². The molecule has 0 saturated heterocycles. The smallest absolute Gasteiger partial charge is 0.408 e. The van der Waals surface area contributed by atoms with Gasteiger partial charge in [-0.1, -0.05) is 12.1 Å². The summed E-state index contributed by atoms with van der Waals surface area (Å²) in [6, 6.07) is 7.59. The lowest BCUT2D eigenvalue weighted by atomic mass is 10.1. The third-order valence-corrected chi connectivity index (χ3v) is 4.92. The van der Waals surface area contributed by atoms with Crippen LogP contribution in [0.4, 0.5) is 0 Å². The summed E-state index contributed by atoms with van der Waals surface area (Å²) in [5.41, 5.74) is 1.22. The maximum atomic E-state index is 12.6. The number of likely N-dealkylation sites (N-methyl/N-ethyl adjacent to an activating group) is 1. The van der Waals surface area contributed by atoms with E-state index in [2.05, 4.69) is 0 Å². The summed E-state index contributed by atoms with van der Waals surface area (Å²) < 4.78 is 6.63. The van der Waals surface area contributed by atoms with Crippen LogP contribution in [-0.4, -0.2) is 28.5 Å². The minimum absolute atomic E-state index is 0.00236. The molecule has 0 aliphatic heterocycles. The molecule has 22 heavy (non-hydrogen) atoms. The lowest BCUT2D eigenvalue weighted by Crippen LogP contribution is -2.42. The normalized spacial score (nSPS) is 18.1. The van der Waals surface area contributed by atoms with E-state index in [1.165, 1.54) is 30.3 Å². The van der Waals surface area contributed by atoms with E-state index < -0.39 is 5.76 Å². The van der Waals surface area contributed by atoms with Crippen molar-refractivity contribution in [3.8, 4) is 0 Å². The number of oxazole rings is 1. The summed E-state index contributed by atoms with van der Waals surface area (Å²) >= 11 is 0. The molecule has 2 saturated carbocycles. The average Bonchev–Trinajstić information content (AvgIpc) is 3.41. The van der Waals surface area contributed by atoms with Crippen LogP contribution in [0, 0.1) is 11.8 Å². The largest absolute Gasteiger partial charge is 0.420 e. The number of carbonyl (C=O) groups excluding carboxylic acids is 1. The topological polar surface area (TPSA) is 55.5 Å². The summed E-state index contributed by atoms with van der Waals surface area (Å²) in [7, 11) is 1.89. The zero-order valence-corrected chi connectivity index (χ0v) is 12.7. The Hall–Kier alpha value is -2.04. The first kappa shape index (κ1) is 13.6. The third-order valence-electron chi connectivity index (χ3n) is 4.92. The molecule has 1 aromatic carbocycles. The van der Waals surface area contributed by atoms with Crippen molar-refractivity contribution in [3.63, 3.8) is 0 Å². The zero-order valence-electron chi connectivity index (χ0n) is 12.7. The highest BCUT2D eigenvalue weighted by atomic mass is 16.4. The molecular formula is C17H20N2O3. The zero-order chi connectivity index (χ0) is 15.3. The van der Waals surface area contributed by atoms with Gasteiger partial charge in [-0.05, 0) is 49.7 Å². The van der Waals surface area contributed by atoms with Crippen molar-refractivity contribution in [2.45, 2.75) is 38.3 Å². The second-order valence-corrected chi connectivity index (χ2v) is 6.59. The van der Waals surface area contributed by atoms with Crippen LogP contribution in [0.25, 0.3) is 11.1 Å². The van der Waals surface area contributed by atoms with Crippen LogP contribution in [0.1, 0.15) is 25.7 Å². The number of amides is 1. The maximum Gasteiger partial charge on any atom is 0.420 e. The Morgan fingerprint density at radius 2 is 1.91 bits per heavy atom. The van der Waals surface area contributed by atoms with Crippen LogP contribution >= 0.6 is 0 Å². The predicted octanol–water partition coefficient (Wildman–Crippen LogP) is 2.24. The van der Waals surface area contributed by atoms with Crippen molar-refractivity contribution < 1.29 is 9.21 Å². The van der Waals surface area contributed by atoms with Crippen LogP contribution in [0.3, 0.4) is 0 Å². The number of rotatable bonds is 5. The number of fused-ring (bicyclic) bond motifs is 1. The molecule has 2 aliphatic rings. The molecule has 0 radical (unpaired) electrons. The van der Waals surface area contributed by atoms with E-state index in [0.29, 0.717) is 29.0 Å². The van der Waals surface area contributed by atoms with Crippen LogP contribution in [-0.2, 0) is 11.3 Å². The fourth-order valence-electron chi connectivity index (χ4n) is 3.47. The van der Waals surface area contributed by atoms with Gasteiger partial charge < -0.3 is 9.32 Å². The Kier molecular flexibility index (Phi) is 3.10. The molecule has 1 amide bonds. The summed E-state index contributed by atoms with van der Waals surface area (Å²) in [6.45, 7) is 0.0578. The summed E-state index contributed by atoms with van der Waals surface area (Å²) in [5.74, 6) is 0.869. The van der Waals surface area contributed by atoms with Crippen LogP contribution in [0.2, 0.25) is 0 Å². The lowest BCUT2D eigenvalue weighted by Gasteiger charge is -2.28. The van der Waals surface area contributed by atoms with E-state index >= 15 is 0 Å². The number of hydrogen-bond donors (Lipinski definition) is 0. The van der Waals surface area contributed by atoms with Crippen molar-refractivity contribution >= 4 is 17.0 Å². The molecule has 0 spiro atoms. The van der Waals surface area contributed by atoms with E-state index in [-0.39, 0.29) is 12.5 Å². The standard InChI is InChI=1S/C17H20N2O3/c1-18(16(11-6-7-11)12-8-9-12)15(20)10-19-13-4-2-3-5-14(13)22-17(19)21/h2-5,11-12,16H,6-10H2,1H3. The highest BCUT2D eigenvalue weighted by molar-refractivity contribution is 5.79. The molecule has 1 heterocycles. The number of benzene rings is 1. The fraction of sp³-hybridized carbons (Fsp3) is 0.529. The minimum atomic E-state index is -0.461. The first-order chi connectivity index (χ1) is 10.6. The van der Waals surface area contributed by atoms with Gasteiger partial charge in [0.25, 0.3) is 0 Å². The molecule has 0 atom stereocenters. The lowest BCUT2D eigenvalue weighted by molar-refractivity contribution is -0.133. The Morgan fingerprint density at radius 1 is 1.27 bits per heavy atom. The molecule has 1 aromatic heterocycles. The van der Waals surface area contributed by atoms with Crippen molar-refractivity contribution in [1.82, 2.24) is 9.47 Å². The van der Waals surface area contributed by atoms with Gasteiger partial charge in [0.15, 0.2) is 5.58 Å². The van der Waals surface area contributed by atoms with Gasteiger partial charge in [0.2, 0.25) is 5.91 Å². The number of hydrogen-bond acceptors (Lipinski definition) is 3. The third kappa shape index (κ3) is 2.34. The molecule has 116 valence electrons. The predicted molar refractivity (Wildman–Crippen MR) is 82.5 cm³/mol. The first-order valence-corrected chi connectivity index (χ1v) is 7.99. The minimum Gasteiger partial charge on any atom is -0.408 e. The van der Waals surface area contributed by atoms with Gasteiger partial charge in [-0.25, -0.2) is 4.79 Å². The highest BCUT2D eigenvalue weighted by Gasteiger charge is 2.44. The Morgan fingerprint density at radius 3 is 2.55 bits per heavy atom. The first-order valence-electron chi connectivity index (χ1n) is 7.99. The Labute approximate surface area is 128 Å². The van der Waals surface area contributed by atoms with Gasteiger partial charge in [-0.15, -0.1) is 0 Å². The number of para-hydroxylation sites is 2. The Balaban J connectivity index is 1.57. The molecule has 2 aromatic rings. The quantitative estimate of drug-likeness (QED) is 0.851. The average molecular weight is 300 g/mol. The van der Waals surface area contributed by atoms with Gasteiger partial charge in [-0.3, -0.25) is 9.36 Å². The van der Waals surface area contributed by atoms with E-state index in [9.17, 15) is 9.59 Å². The monoisotopic (exact) mass is 300 g/mol. The van der Waals surface area contributed by atoms with Crippen molar-refractivity contribution in [3.05, 3.63) is 34.8 Å². The second-order valence-electron chi connectivity index (χ2n) is 6.59. The molecule has 0 bridgehead atoms. The summed E-state index contributed by atoms with van der Waals surface area (Å²) in [5, 5.41) is 0. The van der Waals surface area contributed by atoms with Crippen LogP contribution < -0.4 is 5.76 Å². The molecule has 5 nitrogen and oxygen atoms in total. The van der Waals surface area contributed by atoms with Crippen molar-refractivity contribution in [2.24, 2.45) is 11.8 Å². The fourth-order valence-corrected chi connectivity index (χ4v) is 3.47. The molecule has 2 aliphatic carbocycles. The molecule has 4 rings (SSSR count). The van der Waals surface area contributed by atoms with Gasteiger partial charge in [0, 0.05) is 13.1 Å². The molecule has 0 unspecified atom stereocenters. The van der Waals surface area contributed by atoms with Gasteiger partial charge in [0.05, 0.1) is 5.52 Å². The number of carbonyl (C=O) groups is 1. The van der Waals surface area contributed by atoms with Gasteiger partial charge >= 0.3 is 5.76 Å². The van der Waals surface area contributed by atoms with E-state index in [1.807, 2.05) is 30.1 Å².